The van der Waals surface area contributed by atoms with Gasteiger partial charge in [0.25, 0.3) is 5.91 Å². The van der Waals surface area contributed by atoms with Gasteiger partial charge in [0.2, 0.25) is 0 Å². The minimum atomic E-state index is -0.159. The Kier molecular flexibility index (Phi) is 4.02. The zero-order valence-electron chi connectivity index (χ0n) is 11.4. The van der Waals surface area contributed by atoms with E-state index in [1.54, 1.807) is 18.2 Å². The zero-order valence-corrected chi connectivity index (χ0v) is 12.1. The van der Waals surface area contributed by atoms with Gasteiger partial charge in [0.1, 0.15) is 0 Å². The van der Waals surface area contributed by atoms with Crippen LogP contribution >= 0.6 is 11.6 Å². The normalized spacial score (nSPS) is 17.1. The summed E-state index contributed by atoms with van der Waals surface area (Å²) in [5.41, 5.74) is 6.71. The van der Waals surface area contributed by atoms with Crippen LogP contribution < -0.4 is 11.1 Å². The molecular formula is C14H20ClN3O. The number of rotatable bonds is 4. The van der Waals surface area contributed by atoms with E-state index in [9.17, 15) is 4.79 Å². The molecule has 1 aliphatic carbocycles. The van der Waals surface area contributed by atoms with Crippen molar-refractivity contribution < 1.29 is 4.79 Å². The number of anilines is 1. The molecule has 1 saturated carbocycles. The molecule has 0 bridgehead atoms. The van der Waals surface area contributed by atoms with Crippen molar-refractivity contribution in [3.8, 4) is 0 Å². The number of amides is 1. The van der Waals surface area contributed by atoms with Crippen LogP contribution in [0.4, 0.5) is 5.69 Å². The van der Waals surface area contributed by atoms with Crippen molar-refractivity contribution in [1.29, 1.82) is 0 Å². The standard InChI is InChI=1S/C14H20ClN3O/c1-18(2)14(7-4-8-14)9-17-13(19)10-5-3-6-11(15)12(10)16/h3,5-6H,4,7-9,16H2,1-2H3,(H,17,19). The quantitative estimate of drug-likeness (QED) is 0.832. The Morgan fingerprint density at radius 3 is 2.68 bits per heavy atom. The van der Waals surface area contributed by atoms with Gasteiger partial charge in [0, 0.05) is 12.1 Å². The molecule has 0 unspecified atom stereocenters. The monoisotopic (exact) mass is 281 g/mol. The zero-order chi connectivity index (χ0) is 14.0. The van der Waals surface area contributed by atoms with Gasteiger partial charge in [-0.3, -0.25) is 4.79 Å². The molecule has 0 radical (unpaired) electrons. The van der Waals surface area contributed by atoms with Crippen LogP contribution in [0.1, 0.15) is 29.6 Å². The average molecular weight is 282 g/mol. The van der Waals surface area contributed by atoms with Crippen molar-refractivity contribution in [2.24, 2.45) is 0 Å². The van der Waals surface area contributed by atoms with E-state index in [4.69, 9.17) is 17.3 Å². The largest absolute Gasteiger partial charge is 0.397 e. The summed E-state index contributed by atoms with van der Waals surface area (Å²) in [6.45, 7) is 0.644. The van der Waals surface area contributed by atoms with E-state index in [-0.39, 0.29) is 11.4 Å². The third kappa shape index (κ3) is 2.69. The molecule has 0 saturated heterocycles. The molecule has 0 spiro atoms. The number of carbonyl (C=O) groups is 1. The van der Waals surface area contributed by atoms with Crippen molar-refractivity contribution in [2.75, 3.05) is 26.4 Å². The van der Waals surface area contributed by atoms with E-state index in [1.807, 2.05) is 0 Å². The Hall–Kier alpha value is -1.26. The summed E-state index contributed by atoms with van der Waals surface area (Å²) in [4.78, 5) is 14.4. The van der Waals surface area contributed by atoms with Gasteiger partial charge in [-0.15, -0.1) is 0 Å². The second-order valence-corrected chi connectivity index (χ2v) is 5.76. The third-order valence-electron chi connectivity index (χ3n) is 4.11. The lowest BCUT2D eigenvalue weighted by molar-refractivity contribution is 0.0558. The summed E-state index contributed by atoms with van der Waals surface area (Å²) in [7, 11) is 4.11. The van der Waals surface area contributed by atoms with Crippen LogP contribution in [0.5, 0.6) is 0 Å². The maximum absolute atomic E-state index is 12.2. The Bertz CT molecular complexity index is 484. The first-order valence-corrected chi connectivity index (χ1v) is 6.84. The molecule has 0 atom stereocenters. The molecule has 3 N–H and O–H groups in total. The lowest BCUT2D eigenvalue weighted by Gasteiger charge is -2.47. The summed E-state index contributed by atoms with van der Waals surface area (Å²) in [6.07, 6.45) is 3.45. The average Bonchev–Trinajstić information content (AvgIpc) is 2.30. The molecule has 1 fully saturated rings. The highest BCUT2D eigenvalue weighted by atomic mass is 35.5. The molecule has 1 aromatic rings. The summed E-state index contributed by atoms with van der Waals surface area (Å²) >= 11 is 5.92. The molecule has 5 heteroatoms. The minimum absolute atomic E-state index is 0.100. The van der Waals surface area contributed by atoms with Gasteiger partial charge in [-0.05, 0) is 45.5 Å². The smallest absolute Gasteiger partial charge is 0.253 e. The summed E-state index contributed by atoms with van der Waals surface area (Å²) in [5.74, 6) is -0.159. The van der Waals surface area contributed by atoms with Gasteiger partial charge in [-0.1, -0.05) is 17.7 Å². The number of benzene rings is 1. The van der Waals surface area contributed by atoms with Gasteiger partial charge >= 0.3 is 0 Å². The van der Waals surface area contributed by atoms with Gasteiger partial charge in [0.15, 0.2) is 0 Å². The Labute approximate surface area is 118 Å². The van der Waals surface area contributed by atoms with Gasteiger partial charge in [-0.25, -0.2) is 0 Å². The molecule has 1 aliphatic rings. The predicted octanol–water partition coefficient (Wildman–Crippen LogP) is 2.14. The highest BCUT2D eigenvalue weighted by molar-refractivity contribution is 6.33. The van der Waals surface area contributed by atoms with E-state index in [2.05, 4.69) is 24.3 Å². The first-order valence-electron chi connectivity index (χ1n) is 6.46. The summed E-state index contributed by atoms with van der Waals surface area (Å²) in [6, 6.07) is 5.11. The number of hydrogen-bond donors (Lipinski definition) is 2. The molecule has 19 heavy (non-hydrogen) atoms. The first-order chi connectivity index (χ1) is 8.96. The van der Waals surface area contributed by atoms with Crippen LogP contribution in [0.25, 0.3) is 0 Å². The topological polar surface area (TPSA) is 58.4 Å². The number of nitrogens with zero attached hydrogens (tertiary/aromatic N) is 1. The molecule has 1 amide bonds. The number of hydrogen-bond acceptors (Lipinski definition) is 3. The summed E-state index contributed by atoms with van der Waals surface area (Å²) in [5, 5.41) is 3.39. The van der Waals surface area contributed by atoms with Crippen LogP contribution in [-0.4, -0.2) is 37.0 Å². The predicted molar refractivity (Wildman–Crippen MR) is 78.5 cm³/mol. The van der Waals surface area contributed by atoms with Crippen molar-refractivity contribution >= 4 is 23.2 Å². The van der Waals surface area contributed by atoms with Gasteiger partial charge in [-0.2, -0.15) is 0 Å². The molecule has 4 nitrogen and oxygen atoms in total. The molecule has 0 aliphatic heterocycles. The second-order valence-electron chi connectivity index (χ2n) is 5.36. The fourth-order valence-electron chi connectivity index (χ4n) is 2.44. The van der Waals surface area contributed by atoms with Crippen molar-refractivity contribution in [3.05, 3.63) is 28.8 Å². The van der Waals surface area contributed by atoms with Crippen molar-refractivity contribution in [2.45, 2.75) is 24.8 Å². The molecule has 0 heterocycles. The van der Waals surface area contributed by atoms with Crippen LogP contribution in [0.15, 0.2) is 18.2 Å². The third-order valence-corrected chi connectivity index (χ3v) is 4.44. The second kappa shape index (κ2) is 5.39. The van der Waals surface area contributed by atoms with E-state index >= 15 is 0 Å². The molecular weight excluding hydrogens is 262 g/mol. The Morgan fingerprint density at radius 1 is 1.47 bits per heavy atom. The Morgan fingerprint density at radius 2 is 2.16 bits per heavy atom. The van der Waals surface area contributed by atoms with Gasteiger partial charge in [0.05, 0.1) is 16.3 Å². The highest BCUT2D eigenvalue weighted by Gasteiger charge is 2.39. The fraction of sp³-hybridized carbons (Fsp3) is 0.500. The highest BCUT2D eigenvalue weighted by Crippen LogP contribution is 2.35. The number of nitrogens with one attached hydrogen (secondary N) is 1. The van der Waals surface area contributed by atoms with Crippen LogP contribution in [0.3, 0.4) is 0 Å². The molecule has 1 aromatic carbocycles. The Balaban J connectivity index is 2.04. The minimum Gasteiger partial charge on any atom is -0.397 e. The molecule has 0 aromatic heterocycles. The molecule has 104 valence electrons. The lowest BCUT2D eigenvalue weighted by atomic mass is 9.75. The lowest BCUT2D eigenvalue weighted by Crippen LogP contribution is -2.57. The van der Waals surface area contributed by atoms with E-state index in [1.165, 1.54) is 6.42 Å². The number of para-hydroxylation sites is 1. The van der Waals surface area contributed by atoms with E-state index in [0.717, 1.165) is 12.8 Å². The number of nitrogens with two attached hydrogens (primary N) is 1. The van der Waals surface area contributed by atoms with Crippen LogP contribution in [-0.2, 0) is 0 Å². The van der Waals surface area contributed by atoms with Gasteiger partial charge < -0.3 is 16.0 Å². The number of carbonyl (C=O) groups excluding carboxylic acids is 1. The maximum atomic E-state index is 12.2. The SMILES string of the molecule is CN(C)C1(CNC(=O)c2cccc(Cl)c2N)CCC1. The van der Waals surface area contributed by atoms with Crippen LogP contribution in [0, 0.1) is 0 Å². The number of nitrogen functional groups attached to an aromatic ring is 1. The first kappa shape index (κ1) is 14.2. The summed E-state index contributed by atoms with van der Waals surface area (Å²) < 4.78 is 0. The van der Waals surface area contributed by atoms with Crippen LogP contribution in [0.2, 0.25) is 5.02 Å². The maximum Gasteiger partial charge on any atom is 0.253 e. The van der Waals surface area contributed by atoms with Crippen molar-refractivity contribution in [3.63, 3.8) is 0 Å². The van der Waals surface area contributed by atoms with E-state index in [0.29, 0.717) is 22.8 Å². The fourth-order valence-corrected chi connectivity index (χ4v) is 2.62. The molecule has 2 rings (SSSR count). The number of halogens is 1. The van der Waals surface area contributed by atoms with E-state index < -0.39 is 0 Å². The van der Waals surface area contributed by atoms with Crippen molar-refractivity contribution in [1.82, 2.24) is 10.2 Å². The number of likely N-dealkylation sites (N-methyl/N-ethyl adjacent to an activating group) is 1.